The molecule has 1 atom stereocenters. The molecule has 3 nitrogen and oxygen atoms in total. The zero-order chi connectivity index (χ0) is 10.7. The van der Waals surface area contributed by atoms with Gasteiger partial charge >= 0.3 is 0 Å². The molecule has 1 unspecified atom stereocenters. The van der Waals surface area contributed by atoms with Crippen LogP contribution in [0.4, 0.5) is 4.39 Å². The van der Waals surface area contributed by atoms with Crippen LogP contribution in [0.1, 0.15) is 16.5 Å². The molecule has 0 spiro atoms. The molecule has 0 aromatic carbocycles. The van der Waals surface area contributed by atoms with E-state index in [1.807, 2.05) is 17.5 Å². The second-order valence-corrected chi connectivity index (χ2v) is 4.03. The first-order chi connectivity index (χ1) is 7.31. The van der Waals surface area contributed by atoms with E-state index < -0.39 is 0 Å². The minimum Gasteiger partial charge on any atom is -0.271 e. The molecule has 2 aromatic heterocycles. The lowest BCUT2D eigenvalue weighted by atomic mass is 10.1. The maximum atomic E-state index is 13.0. The van der Waals surface area contributed by atoms with E-state index in [1.54, 1.807) is 17.5 Å². The Morgan fingerprint density at radius 1 is 1.47 bits per heavy atom. The summed E-state index contributed by atoms with van der Waals surface area (Å²) in [5.74, 6) is 5.10. The number of pyridine rings is 1. The highest BCUT2D eigenvalue weighted by atomic mass is 32.1. The first kappa shape index (κ1) is 10.2. The predicted molar refractivity (Wildman–Crippen MR) is 57.7 cm³/mol. The summed E-state index contributed by atoms with van der Waals surface area (Å²) < 4.78 is 13.0. The summed E-state index contributed by atoms with van der Waals surface area (Å²) in [5.41, 5.74) is 3.37. The lowest BCUT2D eigenvalue weighted by Crippen LogP contribution is -2.28. The quantitative estimate of drug-likeness (QED) is 0.616. The van der Waals surface area contributed by atoms with E-state index in [1.165, 1.54) is 12.3 Å². The number of hydrogen-bond acceptors (Lipinski definition) is 4. The Kier molecular flexibility index (Phi) is 3.05. The van der Waals surface area contributed by atoms with E-state index in [4.69, 9.17) is 5.84 Å². The molecule has 0 saturated carbocycles. The molecular weight excluding hydrogens is 213 g/mol. The highest BCUT2D eigenvalue weighted by Crippen LogP contribution is 2.24. The van der Waals surface area contributed by atoms with Gasteiger partial charge in [0.25, 0.3) is 0 Å². The third kappa shape index (κ3) is 2.20. The van der Waals surface area contributed by atoms with Crippen molar-refractivity contribution in [2.24, 2.45) is 5.84 Å². The maximum absolute atomic E-state index is 13.0. The summed E-state index contributed by atoms with van der Waals surface area (Å²) in [7, 11) is 0. The Morgan fingerprint density at radius 3 is 2.93 bits per heavy atom. The molecule has 0 saturated heterocycles. The van der Waals surface area contributed by atoms with E-state index >= 15 is 0 Å². The smallest absolute Gasteiger partial charge is 0.141 e. The molecule has 0 radical (unpaired) electrons. The van der Waals surface area contributed by atoms with Gasteiger partial charge in [0.2, 0.25) is 0 Å². The van der Waals surface area contributed by atoms with Crippen molar-refractivity contribution in [1.82, 2.24) is 10.4 Å². The van der Waals surface area contributed by atoms with E-state index in [9.17, 15) is 4.39 Å². The average molecular weight is 223 g/mol. The van der Waals surface area contributed by atoms with Gasteiger partial charge in [-0.3, -0.25) is 10.8 Å². The molecule has 0 aliphatic rings. The van der Waals surface area contributed by atoms with E-state index in [0.717, 1.165) is 10.4 Å². The highest BCUT2D eigenvalue weighted by Gasteiger charge is 2.13. The third-order valence-corrected chi connectivity index (χ3v) is 2.99. The van der Waals surface area contributed by atoms with Gasteiger partial charge in [0, 0.05) is 11.1 Å². The largest absolute Gasteiger partial charge is 0.271 e. The second kappa shape index (κ2) is 4.48. The number of rotatable bonds is 3. The van der Waals surface area contributed by atoms with Crippen LogP contribution in [0.2, 0.25) is 0 Å². The van der Waals surface area contributed by atoms with Crippen LogP contribution in [0.5, 0.6) is 0 Å². The van der Waals surface area contributed by atoms with Crippen LogP contribution >= 0.6 is 11.3 Å². The van der Waals surface area contributed by atoms with Crippen molar-refractivity contribution < 1.29 is 4.39 Å². The first-order valence-corrected chi connectivity index (χ1v) is 5.29. The van der Waals surface area contributed by atoms with Crippen molar-refractivity contribution in [2.45, 2.75) is 6.04 Å². The summed E-state index contributed by atoms with van der Waals surface area (Å²) >= 11 is 1.56. The Bertz CT molecular complexity index is 430. The van der Waals surface area contributed by atoms with E-state index in [2.05, 4.69) is 10.4 Å². The van der Waals surface area contributed by atoms with Crippen molar-refractivity contribution in [1.29, 1.82) is 0 Å². The van der Waals surface area contributed by atoms with Crippen molar-refractivity contribution in [3.05, 3.63) is 52.2 Å². The normalized spacial score (nSPS) is 12.7. The van der Waals surface area contributed by atoms with Gasteiger partial charge in [-0.15, -0.1) is 11.3 Å². The summed E-state index contributed by atoms with van der Waals surface area (Å²) in [5, 5.41) is 1.95. The van der Waals surface area contributed by atoms with Gasteiger partial charge in [0.05, 0.1) is 12.2 Å². The molecule has 78 valence electrons. The number of nitrogens with one attached hydrogen (secondary N) is 1. The fourth-order valence-corrected chi connectivity index (χ4v) is 2.20. The lowest BCUT2D eigenvalue weighted by Gasteiger charge is -2.13. The Balaban J connectivity index is 2.35. The molecule has 0 aliphatic heterocycles. The number of nitrogens with zero attached hydrogens (tertiary/aromatic N) is 1. The molecule has 0 aliphatic carbocycles. The molecule has 15 heavy (non-hydrogen) atoms. The van der Waals surface area contributed by atoms with Crippen molar-refractivity contribution in [3.63, 3.8) is 0 Å². The molecular formula is C10H10FN3S. The van der Waals surface area contributed by atoms with Crippen LogP contribution in [-0.4, -0.2) is 4.98 Å². The number of aromatic nitrogens is 1. The Morgan fingerprint density at radius 2 is 2.33 bits per heavy atom. The minimum absolute atomic E-state index is 0.201. The SMILES string of the molecule is NNC(c1cncc(F)c1)c1cccs1. The van der Waals surface area contributed by atoms with Gasteiger partial charge in [-0.1, -0.05) is 6.07 Å². The van der Waals surface area contributed by atoms with Gasteiger partial charge in [0.15, 0.2) is 0 Å². The summed E-state index contributed by atoms with van der Waals surface area (Å²) in [4.78, 5) is 4.83. The molecule has 2 heterocycles. The van der Waals surface area contributed by atoms with Gasteiger partial charge in [-0.2, -0.15) is 0 Å². The van der Waals surface area contributed by atoms with Crippen molar-refractivity contribution in [2.75, 3.05) is 0 Å². The Hall–Kier alpha value is -1.30. The zero-order valence-electron chi connectivity index (χ0n) is 7.85. The van der Waals surface area contributed by atoms with Crippen LogP contribution in [-0.2, 0) is 0 Å². The zero-order valence-corrected chi connectivity index (χ0v) is 8.67. The van der Waals surface area contributed by atoms with Crippen molar-refractivity contribution >= 4 is 11.3 Å². The fourth-order valence-electron chi connectivity index (χ4n) is 1.38. The second-order valence-electron chi connectivity index (χ2n) is 3.05. The van der Waals surface area contributed by atoms with Gasteiger partial charge in [-0.05, 0) is 23.1 Å². The van der Waals surface area contributed by atoms with Gasteiger partial charge < -0.3 is 0 Å². The maximum Gasteiger partial charge on any atom is 0.141 e. The monoisotopic (exact) mass is 223 g/mol. The van der Waals surface area contributed by atoms with Crippen molar-refractivity contribution in [3.8, 4) is 0 Å². The summed E-state index contributed by atoms with van der Waals surface area (Å²) in [6, 6.07) is 5.10. The topological polar surface area (TPSA) is 50.9 Å². The number of halogens is 1. The number of thiophene rings is 1. The third-order valence-electron chi connectivity index (χ3n) is 2.05. The average Bonchev–Trinajstić information content (AvgIpc) is 2.72. The predicted octanol–water partition coefficient (Wildman–Crippen LogP) is 1.83. The van der Waals surface area contributed by atoms with Crippen LogP contribution < -0.4 is 11.3 Å². The minimum atomic E-state index is -0.357. The first-order valence-electron chi connectivity index (χ1n) is 4.41. The molecule has 2 rings (SSSR count). The molecule has 0 amide bonds. The standard InChI is InChI=1S/C10H10FN3S/c11-8-4-7(5-13-6-8)10(14-12)9-2-1-3-15-9/h1-6,10,14H,12H2. The van der Waals surface area contributed by atoms with Crippen LogP contribution in [0.25, 0.3) is 0 Å². The molecule has 0 fully saturated rings. The molecule has 5 heteroatoms. The van der Waals surface area contributed by atoms with Crippen LogP contribution in [0.15, 0.2) is 36.0 Å². The summed E-state index contributed by atoms with van der Waals surface area (Å²) in [6.07, 6.45) is 2.78. The highest BCUT2D eigenvalue weighted by molar-refractivity contribution is 7.10. The number of hydrogen-bond donors (Lipinski definition) is 2. The number of hydrazine groups is 1. The van der Waals surface area contributed by atoms with E-state index in [-0.39, 0.29) is 11.9 Å². The molecule has 3 N–H and O–H groups in total. The molecule has 0 bridgehead atoms. The van der Waals surface area contributed by atoms with Gasteiger partial charge in [-0.25, -0.2) is 9.82 Å². The summed E-state index contributed by atoms with van der Waals surface area (Å²) in [6.45, 7) is 0. The fraction of sp³-hybridized carbons (Fsp3) is 0.100. The lowest BCUT2D eigenvalue weighted by molar-refractivity contribution is 0.601. The van der Waals surface area contributed by atoms with Crippen LogP contribution in [0.3, 0.4) is 0 Å². The Labute approximate surface area is 90.7 Å². The van der Waals surface area contributed by atoms with Gasteiger partial charge in [0.1, 0.15) is 5.82 Å². The molecule has 2 aromatic rings. The number of nitrogens with two attached hydrogens (primary N) is 1. The van der Waals surface area contributed by atoms with E-state index in [0.29, 0.717) is 0 Å². The van der Waals surface area contributed by atoms with Crippen LogP contribution in [0, 0.1) is 5.82 Å².